The zero-order valence-electron chi connectivity index (χ0n) is 14.2. The predicted octanol–water partition coefficient (Wildman–Crippen LogP) is 2.17. The maximum absolute atomic E-state index is 13.0. The molecule has 0 spiro atoms. The Morgan fingerprint density at radius 1 is 1.15 bits per heavy atom. The third kappa shape index (κ3) is 3.61. The van der Waals surface area contributed by atoms with Crippen LogP contribution in [-0.2, 0) is 15.7 Å². The number of alkyl halides is 3. The van der Waals surface area contributed by atoms with Gasteiger partial charge in [-0.05, 0) is 31.4 Å². The lowest BCUT2D eigenvalue weighted by Gasteiger charge is -2.33. The number of nitrogens with zero attached hydrogens (tertiary/aromatic N) is 5. The molecule has 0 N–H and O–H groups in total. The molecule has 1 unspecified atom stereocenters. The number of anilines is 1. The van der Waals surface area contributed by atoms with Crippen LogP contribution in [0.5, 0.6) is 0 Å². The van der Waals surface area contributed by atoms with E-state index in [0.717, 1.165) is 37.0 Å². The fourth-order valence-corrected chi connectivity index (χ4v) is 3.36. The first-order chi connectivity index (χ1) is 12.5. The molecule has 10 heteroatoms. The third-order valence-corrected chi connectivity index (χ3v) is 4.86. The average Bonchev–Trinajstić information content (AvgIpc) is 3.29. The molecule has 2 aliphatic heterocycles. The second-order valence-corrected chi connectivity index (χ2v) is 6.73. The summed E-state index contributed by atoms with van der Waals surface area (Å²) in [5.41, 5.74) is 0.0816. The van der Waals surface area contributed by atoms with Crippen molar-refractivity contribution in [3.63, 3.8) is 0 Å². The minimum absolute atomic E-state index is 0.0816. The van der Waals surface area contributed by atoms with Crippen molar-refractivity contribution in [1.82, 2.24) is 19.8 Å². The summed E-state index contributed by atoms with van der Waals surface area (Å²) in [6.07, 6.45) is -1.72. The molecule has 1 atom stereocenters. The molecule has 2 saturated heterocycles. The maximum atomic E-state index is 13.0. The van der Waals surface area contributed by atoms with Gasteiger partial charge in [-0.15, -0.1) is 15.3 Å². The lowest BCUT2D eigenvalue weighted by molar-refractivity contribution is -0.146. The fourth-order valence-electron chi connectivity index (χ4n) is 3.36. The Morgan fingerprint density at radius 3 is 2.65 bits per heavy atom. The van der Waals surface area contributed by atoms with Gasteiger partial charge in [0.25, 0.3) is 5.82 Å². The van der Waals surface area contributed by atoms with Gasteiger partial charge in [0, 0.05) is 25.6 Å². The van der Waals surface area contributed by atoms with Crippen LogP contribution in [0, 0.1) is 5.92 Å². The molecule has 26 heavy (non-hydrogen) atoms. The van der Waals surface area contributed by atoms with Gasteiger partial charge in [-0.25, -0.2) is 0 Å². The molecule has 142 valence electrons. The van der Waals surface area contributed by atoms with Gasteiger partial charge in [-0.3, -0.25) is 0 Å². The molecule has 0 radical (unpaired) electrons. The van der Waals surface area contributed by atoms with Gasteiger partial charge in [-0.2, -0.15) is 17.7 Å². The Morgan fingerprint density at radius 2 is 1.96 bits per heavy atom. The van der Waals surface area contributed by atoms with Crippen molar-refractivity contribution in [2.24, 2.45) is 5.92 Å². The van der Waals surface area contributed by atoms with Crippen molar-refractivity contribution in [3.05, 3.63) is 18.0 Å². The Kier molecular flexibility index (Phi) is 4.70. The normalized spacial score (nSPS) is 22.4. The Hall–Kier alpha value is -1.94. The molecule has 0 amide bonds. The standard InChI is InChI=1S/C16H20F3N5O2/c17-16(18,19)15-21-20-13-1-2-14(22-24(13)15)23-6-3-12(4-7-23)26-10-11-5-8-25-9-11/h1-2,11-12H,3-10H2. The number of hydrogen-bond acceptors (Lipinski definition) is 6. The average molecular weight is 371 g/mol. The second kappa shape index (κ2) is 6.99. The van der Waals surface area contributed by atoms with Gasteiger partial charge in [0.05, 0.1) is 19.3 Å². The smallest absolute Gasteiger partial charge is 0.381 e. The SMILES string of the molecule is FC(F)(F)c1nnc2ccc(N3CCC(OCC4CCOC4)CC3)nn12. The maximum Gasteiger partial charge on any atom is 0.453 e. The monoisotopic (exact) mass is 371 g/mol. The van der Waals surface area contributed by atoms with E-state index >= 15 is 0 Å². The molecular weight excluding hydrogens is 351 g/mol. The van der Waals surface area contributed by atoms with Crippen molar-refractivity contribution in [3.8, 4) is 0 Å². The van der Waals surface area contributed by atoms with E-state index in [4.69, 9.17) is 9.47 Å². The van der Waals surface area contributed by atoms with Gasteiger partial charge in [0.15, 0.2) is 5.65 Å². The van der Waals surface area contributed by atoms with Crippen LogP contribution in [0.1, 0.15) is 25.1 Å². The van der Waals surface area contributed by atoms with Crippen LogP contribution in [-0.4, -0.2) is 58.8 Å². The van der Waals surface area contributed by atoms with Gasteiger partial charge in [0.2, 0.25) is 0 Å². The van der Waals surface area contributed by atoms with Crippen LogP contribution in [0.25, 0.3) is 5.65 Å². The van der Waals surface area contributed by atoms with Crippen LogP contribution >= 0.6 is 0 Å². The summed E-state index contributed by atoms with van der Waals surface area (Å²) in [5.74, 6) is -0.136. The van der Waals surface area contributed by atoms with Gasteiger partial charge in [-0.1, -0.05) is 0 Å². The topological polar surface area (TPSA) is 64.8 Å². The van der Waals surface area contributed by atoms with Crippen molar-refractivity contribution in [1.29, 1.82) is 0 Å². The summed E-state index contributed by atoms with van der Waals surface area (Å²) >= 11 is 0. The molecule has 0 aliphatic carbocycles. The molecule has 0 aromatic carbocycles. The van der Waals surface area contributed by atoms with Crippen molar-refractivity contribution in [2.75, 3.05) is 37.8 Å². The first-order valence-electron chi connectivity index (χ1n) is 8.74. The Labute approximate surface area is 148 Å². The summed E-state index contributed by atoms with van der Waals surface area (Å²) in [7, 11) is 0. The molecule has 4 heterocycles. The zero-order valence-corrected chi connectivity index (χ0v) is 14.2. The van der Waals surface area contributed by atoms with Crippen molar-refractivity contribution in [2.45, 2.75) is 31.5 Å². The largest absolute Gasteiger partial charge is 0.453 e. The first kappa shape index (κ1) is 17.5. The van der Waals surface area contributed by atoms with Crippen LogP contribution in [0.4, 0.5) is 19.0 Å². The number of rotatable bonds is 4. The molecule has 2 aromatic rings. The lowest BCUT2D eigenvalue weighted by Crippen LogP contribution is -2.38. The molecule has 2 aromatic heterocycles. The van der Waals surface area contributed by atoms with Crippen LogP contribution in [0.15, 0.2) is 12.1 Å². The van der Waals surface area contributed by atoms with Crippen molar-refractivity contribution >= 4 is 11.5 Å². The van der Waals surface area contributed by atoms with E-state index in [-0.39, 0.29) is 11.8 Å². The second-order valence-electron chi connectivity index (χ2n) is 6.73. The number of piperidine rings is 1. The Balaban J connectivity index is 1.39. The number of halogens is 3. The summed E-state index contributed by atoms with van der Waals surface area (Å²) in [5, 5.41) is 10.8. The van der Waals surface area contributed by atoms with Gasteiger partial charge in [0.1, 0.15) is 5.82 Å². The molecule has 7 nitrogen and oxygen atoms in total. The van der Waals surface area contributed by atoms with E-state index < -0.39 is 12.0 Å². The summed E-state index contributed by atoms with van der Waals surface area (Å²) in [4.78, 5) is 1.97. The molecule has 2 aliphatic rings. The third-order valence-electron chi connectivity index (χ3n) is 4.86. The van der Waals surface area contributed by atoms with E-state index in [2.05, 4.69) is 15.3 Å². The molecule has 4 rings (SSSR count). The number of hydrogen-bond donors (Lipinski definition) is 0. The number of aromatic nitrogens is 4. The number of ether oxygens (including phenoxy) is 2. The predicted molar refractivity (Wildman–Crippen MR) is 85.9 cm³/mol. The Bertz CT molecular complexity index is 752. The molecule has 0 bridgehead atoms. The highest BCUT2D eigenvalue weighted by Crippen LogP contribution is 2.28. The molecule has 2 fully saturated rings. The van der Waals surface area contributed by atoms with E-state index in [1.165, 1.54) is 6.07 Å². The van der Waals surface area contributed by atoms with Crippen LogP contribution in [0.2, 0.25) is 0 Å². The first-order valence-corrected chi connectivity index (χ1v) is 8.74. The van der Waals surface area contributed by atoms with E-state index in [1.807, 2.05) is 4.90 Å². The fraction of sp³-hybridized carbons (Fsp3) is 0.688. The molecular formula is C16H20F3N5O2. The van der Waals surface area contributed by atoms with Gasteiger partial charge < -0.3 is 14.4 Å². The van der Waals surface area contributed by atoms with Crippen molar-refractivity contribution < 1.29 is 22.6 Å². The molecule has 0 saturated carbocycles. The minimum Gasteiger partial charge on any atom is -0.381 e. The van der Waals surface area contributed by atoms with Gasteiger partial charge >= 0.3 is 6.18 Å². The number of fused-ring (bicyclic) bond motifs is 1. The summed E-state index contributed by atoms with van der Waals surface area (Å²) in [6.45, 7) is 3.67. The highest BCUT2D eigenvalue weighted by Gasteiger charge is 2.38. The highest BCUT2D eigenvalue weighted by atomic mass is 19.4. The van der Waals surface area contributed by atoms with E-state index in [1.54, 1.807) is 6.07 Å². The van der Waals surface area contributed by atoms with E-state index in [9.17, 15) is 13.2 Å². The summed E-state index contributed by atoms with van der Waals surface area (Å²) in [6, 6.07) is 3.19. The van der Waals surface area contributed by atoms with Crippen LogP contribution in [0.3, 0.4) is 0 Å². The zero-order chi connectivity index (χ0) is 18.1. The highest BCUT2D eigenvalue weighted by molar-refractivity contribution is 5.46. The lowest BCUT2D eigenvalue weighted by atomic mass is 10.1. The van der Waals surface area contributed by atoms with Crippen LogP contribution < -0.4 is 4.90 Å². The summed E-state index contributed by atoms with van der Waals surface area (Å²) < 4.78 is 51.0. The minimum atomic E-state index is -4.59. The van der Waals surface area contributed by atoms with E-state index in [0.29, 0.717) is 31.4 Å². The quantitative estimate of drug-likeness (QED) is 0.821.